The van der Waals surface area contributed by atoms with Crippen LogP contribution in [-0.4, -0.2) is 43.4 Å². The van der Waals surface area contributed by atoms with Gasteiger partial charge in [0, 0.05) is 12.1 Å². The first-order valence-corrected chi connectivity index (χ1v) is 9.16. The molecule has 2 amide bonds. The summed E-state index contributed by atoms with van der Waals surface area (Å²) in [5.74, 6) is -0.445. The Morgan fingerprint density at radius 3 is 2.26 bits per heavy atom. The van der Waals surface area contributed by atoms with E-state index in [0.29, 0.717) is 12.1 Å². The lowest BCUT2D eigenvalue weighted by atomic mass is 10.0. The Hall–Kier alpha value is -2.66. The molecule has 2 aromatic carbocycles. The van der Waals surface area contributed by atoms with Crippen molar-refractivity contribution >= 4 is 11.8 Å². The summed E-state index contributed by atoms with van der Waals surface area (Å²) in [6, 6.07) is 15.1. The topological polar surface area (TPSA) is 61.4 Å². The van der Waals surface area contributed by atoms with E-state index in [2.05, 4.69) is 46.7 Å². The lowest BCUT2D eigenvalue weighted by Crippen LogP contribution is -2.46. The molecule has 5 nitrogen and oxygen atoms in total. The molecule has 2 N–H and O–H groups in total. The van der Waals surface area contributed by atoms with Crippen molar-refractivity contribution in [2.75, 3.05) is 20.6 Å². The van der Waals surface area contributed by atoms with Crippen LogP contribution in [0.3, 0.4) is 0 Å². The number of rotatable bonds is 7. The quantitative estimate of drug-likeness (QED) is 0.791. The van der Waals surface area contributed by atoms with Crippen LogP contribution in [0.15, 0.2) is 48.5 Å². The molecule has 5 heteroatoms. The van der Waals surface area contributed by atoms with Gasteiger partial charge in [0.1, 0.15) is 6.04 Å². The third-order valence-electron chi connectivity index (χ3n) is 4.58. The second kappa shape index (κ2) is 9.33. The molecule has 0 radical (unpaired) electrons. The number of carbonyl (C=O) groups is 2. The van der Waals surface area contributed by atoms with Gasteiger partial charge in [0.05, 0.1) is 6.04 Å². The SMILES string of the molecule is Cc1ccc(C(CNC(=O)C(C)NC(=O)c2cccc(C)c2)N(C)C)cc1. The van der Waals surface area contributed by atoms with Crippen LogP contribution in [0.5, 0.6) is 0 Å². The first kappa shape index (κ1) is 20.6. The maximum atomic E-state index is 12.4. The van der Waals surface area contributed by atoms with Gasteiger partial charge in [-0.15, -0.1) is 0 Å². The number of hydrogen-bond acceptors (Lipinski definition) is 3. The molecule has 2 unspecified atom stereocenters. The molecule has 2 atom stereocenters. The highest BCUT2D eigenvalue weighted by Gasteiger charge is 2.20. The minimum absolute atomic E-state index is 0.0641. The number of nitrogens with one attached hydrogen (secondary N) is 2. The first-order chi connectivity index (χ1) is 12.8. The molecular formula is C22H29N3O2. The van der Waals surface area contributed by atoms with Crippen LogP contribution in [0, 0.1) is 13.8 Å². The van der Waals surface area contributed by atoms with Crippen LogP contribution in [0.4, 0.5) is 0 Å². The smallest absolute Gasteiger partial charge is 0.251 e. The lowest BCUT2D eigenvalue weighted by Gasteiger charge is -2.26. The van der Waals surface area contributed by atoms with Gasteiger partial charge in [-0.25, -0.2) is 0 Å². The average Bonchev–Trinajstić information content (AvgIpc) is 2.62. The Labute approximate surface area is 161 Å². The predicted octanol–water partition coefficient (Wildman–Crippen LogP) is 2.84. The zero-order valence-electron chi connectivity index (χ0n) is 16.7. The van der Waals surface area contributed by atoms with Gasteiger partial charge in [-0.1, -0.05) is 47.5 Å². The largest absolute Gasteiger partial charge is 0.352 e. The number of benzene rings is 2. The van der Waals surface area contributed by atoms with Gasteiger partial charge in [-0.05, 0) is 52.6 Å². The van der Waals surface area contributed by atoms with E-state index in [1.807, 2.05) is 33.2 Å². The minimum Gasteiger partial charge on any atom is -0.352 e. The van der Waals surface area contributed by atoms with Gasteiger partial charge in [0.25, 0.3) is 5.91 Å². The Morgan fingerprint density at radius 2 is 1.67 bits per heavy atom. The number of nitrogens with zero attached hydrogens (tertiary/aromatic N) is 1. The van der Waals surface area contributed by atoms with Crippen LogP contribution in [-0.2, 0) is 4.79 Å². The summed E-state index contributed by atoms with van der Waals surface area (Å²) in [6.45, 7) is 6.15. The number of carbonyl (C=O) groups excluding carboxylic acids is 2. The van der Waals surface area contributed by atoms with E-state index in [9.17, 15) is 9.59 Å². The van der Waals surface area contributed by atoms with E-state index < -0.39 is 6.04 Å². The van der Waals surface area contributed by atoms with Crippen LogP contribution in [0.25, 0.3) is 0 Å². The van der Waals surface area contributed by atoms with Gasteiger partial charge < -0.3 is 15.5 Å². The number of hydrogen-bond donors (Lipinski definition) is 2. The first-order valence-electron chi connectivity index (χ1n) is 9.16. The summed E-state index contributed by atoms with van der Waals surface area (Å²) >= 11 is 0. The molecule has 0 aromatic heterocycles. The Bertz CT molecular complexity index is 784. The van der Waals surface area contributed by atoms with Crippen molar-refractivity contribution in [3.8, 4) is 0 Å². The van der Waals surface area contributed by atoms with Crippen LogP contribution in [0.1, 0.15) is 40.0 Å². The van der Waals surface area contributed by atoms with E-state index in [1.165, 1.54) is 5.56 Å². The van der Waals surface area contributed by atoms with Gasteiger partial charge in [0.2, 0.25) is 5.91 Å². The molecule has 0 heterocycles. The van der Waals surface area contributed by atoms with Crippen molar-refractivity contribution in [3.05, 3.63) is 70.8 Å². The van der Waals surface area contributed by atoms with E-state index >= 15 is 0 Å². The van der Waals surface area contributed by atoms with Crippen molar-refractivity contribution < 1.29 is 9.59 Å². The van der Waals surface area contributed by atoms with Crippen molar-refractivity contribution in [1.82, 2.24) is 15.5 Å². The summed E-state index contributed by atoms with van der Waals surface area (Å²) in [5, 5.41) is 5.71. The second-order valence-corrected chi connectivity index (χ2v) is 7.20. The Kier molecular flexibility index (Phi) is 7.13. The molecule has 0 saturated carbocycles. The fraction of sp³-hybridized carbons (Fsp3) is 0.364. The Morgan fingerprint density at radius 1 is 1.00 bits per heavy atom. The summed E-state index contributed by atoms with van der Waals surface area (Å²) in [6.07, 6.45) is 0. The van der Waals surface area contributed by atoms with Gasteiger partial charge in [0.15, 0.2) is 0 Å². The maximum absolute atomic E-state index is 12.4. The highest BCUT2D eigenvalue weighted by molar-refractivity contribution is 5.97. The van der Waals surface area contributed by atoms with Crippen molar-refractivity contribution in [2.24, 2.45) is 0 Å². The van der Waals surface area contributed by atoms with Crippen LogP contribution in [0.2, 0.25) is 0 Å². The highest BCUT2D eigenvalue weighted by Crippen LogP contribution is 2.18. The van der Waals surface area contributed by atoms with E-state index in [1.54, 1.807) is 19.1 Å². The third kappa shape index (κ3) is 5.93. The molecule has 27 heavy (non-hydrogen) atoms. The van der Waals surface area contributed by atoms with E-state index in [-0.39, 0.29) is 17.9 Å². The van der Waals surface area contributed by atoms with Crippen molar-refractivity contribution in [2.45, 2.75) is 32.9 Å². The summed E-state index contributed by atoms with van der Waals surface area (Å²) in [4.78, 5) is 26.8. The molecule has 0 bridgehead atoms. The maximum Gasteiger partial charge on any atom is 0.251 e. The number of likely N-dealkylation sites (N-methyl/N-ethyl adjacent to an activating group) is 1. The molecule has 0 aliphatic carbocycles. The Balaban J connectivity index is 1.94. The molecule has 0 fully saturated rings. The van der Waals surface area contributed by atoms with Gasteiger partial charge >= 0.3 is 0 Å². The second-order valence-electron chi connectivity index (χ2n) is 7.20. The van der Waals surface area contributed by atoms with Gasteiger partial charge in [-0.3, -0.25) is 9.59 Å². The predicted molar refractivity (Wildman–Crippen MR) is 109 cm³/mol. The normalized spacial score (nSPS) is 13.1. The number of aryl methyl sites for hydroxylation is 2. The standard InChI is InChI=1S/C22H29N3O2/c1-15-9-11-18(12-10-15)20(25(4)5)14-23-21(26)17(3)24-22(27)19-8-6-7-16(2)13-19/h6-13,17,20H,14H2,1-5H3,(H,23,26)(H,24,27). The molecule has 0 saturated heterocycles. The van der Waals surface area contributed by atoms with Crippen molar-refractivity contribution in [1.29, 1.82) is 0 Å². The highest BCUT2D eigenvalue weighted by atomic mass is 16.2. The molecular weight excluding hydrogens is 338 g/mol. The third-order valence-corrected chi connectivity index (χ3v) is 4.58. The van der Waals surface area contributed by atoms with Crippen LogP contribution >= 0.6 is 0 Å². The fourth-order valence-corrected chi connectivity index (χ4v) is 2.87. The summed E-state index contributed by atoms with van der Waals surface area (Å²) in [7, 11) is 3.97. The number of amides is 2. The zero-order valence-corrected chi connectivity index (χ0v) is 16.7. The van der Waals surface area contributed by atoms with E-state index in [0.717, 1.165) is 11.1 Å². The molecule has 0 spiro atoms. The minimum atomic E-state index is -0.612. The fourth-order valence-electron chi connectivity index (χ4n) is 2.87. The van der Waals surface area contributed by atoms with E-state index in [4.69, 9.17) is 0 Å². The van der Waals surface area contributed by atoms with Gasteiger partial charge in [-0.2, -0.15) is 0 Å². The molecule has 2 aromatic rings. The zero-order chi connectivity index (χ0) is 20.0. The molecule has 0 aliphatic rings. The summed E-state index contributed by atoms with van der Waals surface area (Å²) in [5.41, 5.74) is 3.90. The summed E-state index contributed by atoms with van der Waals surface area (Å²) < 4.78 is 0. The van der Waals surface area contributed by atoms with Crippen LogP contribution < -0.4 is 10.6 Å². The monoisotopic (exact) mass is 367 g/mol. The van der Waals surface area contributed by atoms with Crippen molar-refractivity contribution in [3.63, 3.8) is 0 Å². The molecule has 2 rings (SSSR count). The molecule has 144 valence electrons. The lowest BCUT2D eigenvalue weighted by molar-refractivity contribution is -0.122. The molecule has 0 aliphatic heterocycles. The average molecular weight is 367 g/mol.